The maximum atomic E-state index is 6.11. The van der Waals surface area contributed by atoms with Gasteiger partial charge in [-0.2, -0.15) is 0 Å². The SMILES string of the molecule is Cc1cc(-c2nc(-c3ccccc3)c3ccccc3n2)c2c3c(oc2c1)C=CC3. The van der Waals surface area contributed by atoms with Crippen LogP contribution in [0, 0.1) is 6.92 Å². The lowest BCUT2D eigenvalue weighted by Crippen LogP contribution is -1.96. The van der Waals surface area contributed by atoms with Gasteiger partial charge in [-0.3, -0.25) is 0 Å². The monoisotopic (exact) mass is 374 g/mol. The van der Waals surface area contributed by atoms with Crippen LogP contribution in [0.25, 0.3) is 50.6 Å². The molecule has 0 unspecified atom stereocenters. The molecule has 0 aliphatic heterocycles. The summed E-state index contributed by atoms with van der Waals surface area (Å²) >= 11 is 0. The van der Waals surface area contributed by atoms with Crippen LogP contribution in [0.5, 0.6) is 0 Å². The number of aromatic nitrogens is 2. The average molecular weight is 374 g/mol. The first-order valence-corrected chi connectivity index (χ1v) is 9.83. The number of rotatable bonds is 2. The van der Waals surface area contributed by atoms with E-state index in [-0.39, 0.29) is 0 Å². The number of allylic oxidation sites excluding steroid dienone is 1. The molecule has 6 rings (SSSR count). The van der Waals surface area contributed by atoms with E-state index in [1.54, 1.807) is 0 Å². The Hall–Kier alpha value is -3.72. The zero-order valence-electron chi connectivity index (χ0n) is 16.0. The maximum Gasteiger partial charge on any atom is 0.161 e. The Morgan fingerprint density at radius 3 is 2.62 bits per heavy atom. The Labute approximate surface area is 168 Å². The van der Waals surface area contributed by atoms with Gasteiger partial charge in [0.2, 0.25) is 0 Å². The minimum absolute atomic E-state index is 0.742. The van der Waals surface area contributed by atoms with E-state index in [2.05, 4.69) is 55.5 Å². The fourth-order valence-corrected chi connectivity index (χ4v) is 4.26. The van der Waals surface area contributed by atoms with E-state index in [1.807, 2.05) is 30.3 Å². The largest absolute Gasteiger partial charge is 0.456 e. The Balaban J connectivity index is 1.70. The van der Waals surface area contributed by atoms with Crippen LogP contribution in [0.3, 0.4) is 0 Å². The van der Waals surface area contributed by atoms with Crippen LogP contribution < -0.4 is 0 Å². The number of nitrogens with zero attached hydrogens (tertiary/aromatic N) is 2. The van der Waals surface area contributed by atoms with E-state index in [0.29, 0.717) is 0 Å². The van der Waals surface area contributed by atoms with Crippen molar-refractivity contribution >= 4 is 27.9 Å². The van der Waals surface area contributed by atoms with Crippen molar-refractivity contribution in [1.82, 2.24) is 9.97 Å². The molecule has 5 aromatic rings. The molecule has 0 radical (unpaired) electrons. The van der Waals surface area contributed by atoms with Gasteiger partial charge in [0, 0.05) is 27.5 Å². The number of hydrogen-bond acceptors (Lipinski definition) is 3. The fourth-order valence-electron chi connectivity index (χ4n) is 4.26. The highest BCUT2D eigenvalue weighted by Gasteiger charge is 2.21. The number of benzene rings is 3. The highest BCUT2D eigenvalue weighted by molar-refractivity contribution is 6.00. The molecule has 0 fully saturated rings. The summed E-state index contributed by atoms with van der Waals surface area (Å²) in [5.41, 5.74) is 7.32. The van der Waals surface area contributed by atoms with Crippen molar-refractivity contribution in [2.45, 2.75) is 13.3 Å². The lowest BCUT2D eigenvalue weighted by molar-refractivity contribution is 0.602. The second kappa shape index (κ2) is 6.14. The van der Waals surface area contributed by atoms with Gasteiger partial charge in [-0.15, -0.1) is 0 Å². The molecule has 0 saturated carbocycles. The van der Waals surface area contributed by atoms with Crippen molar-refractivity contribution in [3.05, 3.63) is 89.7 Å². The van der Waals surface area contributed by atoms with E-state index in [0.717, 1.165) is 62.3 Å². The van der Waals surface area contributed by atoms with Crippen LogP contribution in [-0.2, 0) is 6.42 Å². The summed E-state index contributed by atoms with van der Waals surface area (Å²) in [6.45, 7) is 2.09. The molecule has 3 aromatic carbocycles. The topological polar surface area (TPSA) is 38.9 Å². The van der Waals surface area contributed by atoms with Crippen LogP contribution in [0.1, 0.15) is 16.9 Å². The smallest absolute Gasteiger partial charge is 0.161 e. The summed E-state index contributed by atoms with van der Waals surface area (Å²) in [6.07, 6.45) is 5.09. The molecule has 0 N–H and O–H groups in total. The first-order valence-electron chi connectivity index (χ1n) is 9.83. The molecule has 2 aromatic heterocycles. The molecule has 3 heteroatoms. The van der Waals surface area contributed by atoms with Gasteiger partial charge in [0.15, 0.2) is 5.82 Å². The third-order valence-corrected chi connectivity index (χ3v) is 5.55. The fraction of sp³-hybridized carbons (Fsp3) is 0.0769. The predicted octanol–water partition coefficient (Wildman–Crippen LogP) is 6.59. The van der Waals surface area contributed by atoms with E-state index < -0.39 is 0 Å². The van der Waals surface area contributed by atoms with Gasteiger partial charge in [-0.05, 0) is 43.2 Å². The molecule has 0 atom stereocenters. The minimum atomic E-state index is 0.742. The molecule has 3 nitrogen and oxygen atoms in total. The molecular weight excluding hydrogens is 356 g/mol. The number of fused-ring (bicyclic) bond motifs is 4. The van der Waals surface area contributed by atoms with Crippen molar-refractivity contribution in [1.29, 1.82) is 0 Å². The Morgan fingerprint density at radius 1 is 0.897 bits per heavy atom. The molecule has 1 aliphatic rings. The molecule has 29 heavy (non-hydrogen) atoms. The summed E-state index contributed by atoms with van der Waals surface area (Å²) < 4.78 is 6.11. The van der Waals surface area contributed by atoms with Gasteiger partial charge >= 0.3 is 0 Å². The molecule has 0 spiro atoms. The van der Waals surface area contributed by atoms with Gasteiger partial charge in [-0.1, -0.05) is 54.6 Å². The lowest BCUT2D eigenvalue weighted by Gasteiger charge is -2.11. The zero-order valence-corrected chi connectivity index (χ0v) is 16.0. The molecule has 0 saturated heterocycles. The van der Waals surface area contributed by atoms with Crippen LogP contribution in [0.4, 0.5) is 0 Å². The second-order valence-electron chi connectivity index (χ2n) is 7.52. The summed E-state index contributed by atoms with van der Waals surface area (Å²) in [7, 11) is 0. The third-order valence-electron chi connectivity index (χ3n) is 5.55. The highest BCUT2D eigenvalue weighted by atomic mass is 16.3. The summed E-state index contributed by atoms with van der Waals surface area (Å²) in [5.74, 6) is 1.70. The van der Waals surface area contributed by atoms with Crippen molar-refractivity contribution in [3.8, 4) is 22.6 Å². The van der Waals surface area contributed by atoms with Crippen molar-refractivity contribution in [3.63, 3.8) is 0 Å². The molecule has 1 aliphatic carbocycles. The minimum Gasteiger partial charge on any atom is -0.456 e. The van der Waals surface area contributed by atoms with Gasteiger partial charge in [-0.25, -0.2) is 9.97 Å². The first kappa shape index (κ1) is 16.3. The van der Waals surface area contributed by atoms with Crippen LogP contribution in [-0.4, -0.2) is 9.97 Å². The summed E-state index contributed by atoms with van der Waals surface area (Å²) in [5, 5.41) is 2.19. The number of aryl methyl sites for hydroxylation is 1. The zero-order chi connectivity index (χ0) is 19.4. The van der Waals surface area contributed by atoms with Crippen LogP contribution in [0.15, 0.2) is 77.2 Å². The van der Waals surface area contributed by atoms with Gasteiger partial charge in [0.1, 0.15) is 11.3 Å². The quantitative estimate of drug-likeness (QED) is 0.350. The Bertz CT molecular complexity index is 1430. The van der Waals surface area contributed by atoms with Gasteiger partial charge in [0.05, 0.1) is 11.2 Å². The third kappa shape index (κ3) is 2.51. The van der Waals surface area contributed by atoms with Crippen molar-refractivity contribution in [2.24, 2.45) is 0 Å². The molecule has 138 valence electrons. The van der Waals surface area contributed by atoms with E-state index in [9.17, 15) is 0 Å². The molecule has 0 bridgehead atoms. The normalized spacial score (nSPS) is 12.7. The second-order valence-corrected chi connectivity index (χ2v) is 7.52. The lowest BCUT2D eigenvalue weighted by atomic mass is 10.0. The molecule has 0 amide bonds. The molecule has 2 heterocycles. The number of hydrogen-bond donors (Lipinski definition) is 0. The van der Waals surface area contributed by atoms with Crippen LogP contribution >= 0.6 is 0 Å². The van der Waals surface area contributed by atoms with E-state index in [4.69, 9.17) is 14.4 Å². The summed E-state index contributed by atoms with van der Waals surface area (Å²) in [6, 6.07) is 22.8. The van der Waals surface area contributed by atoms with Gasteiger partial charge in [0.25, 0.3) is 0 Å². The number of para-hydroxylation sites is 1. The standard InChI is InChI=1S/C26H18N2O/c1-16-14-20(24-19-11-7-13-22(19)29-23(24)15-16)26-27-21-12-6-5-10-18(21)25(28-26)17-8-3-2-4-9-17/h2-10,12-15H,11H2,1H3. The predicted molar refractivity (Wildman–Crippen MR) is 118 cm³/mol. The Kier molecular flexibility index (Phi) is 3.44. The van der Waals surface area contributed by atoms with E-state index in [1.165, 1.54) is 5.56 Å². The summed E-state index contributed by atoms with van der Waals surface area (Å²) in [4.78, 5) is 10.0. The Morgan fingerprint density at radius 2 is 1.72 bits per heavy atom. The van der Waals surface area contributed by atoms with Crippen molar-refractivity contribution in [2.75, 3.05) is 0 Å². The maximum absolute atomic E-state index is 6.11. The van der Waals surface area contributed by atoms with E-state index >= 15 is 0 Å². The number of furan rings is 1. The molecular formula is C26H18N2O. The van der Waals surface area contributed by atoms with Gasteiger partial charge < -0.3 is 4.42 Å². The highest BCUT2D eigenvalue weighted by Crippen LogP contribution is 2.39. The van der Waals surface area contributed by atoms with Crippen molar-refractivity contribution < 1.29 is 4.42 Å². The van der Waals surface area contributed by atoms with Crippen LogP contribution in [0.2, 0.25) is 0 Å². The average Bonchev–Trinajstić information content (AvgIpc) is 3.34. The first-order chi connectivity index (χ1) is 14.3.